The monoisotopic (exact) mass is 366 g/mol. The van der Waals surface area contributed by atoms with Crippen molar-refractivity contribution in [1.82, 2.24) is 9.97 Å². The van der Waals surface area contributed by atoms with Crippen LogP contribution in [-0.2, 0) is 0 Å². The second-order valence-corrected chi connectivity index (χ2v) is 6.71. The minimum atomic E-state index is 0.729. The van der Waals surface area contributed by atoms with E-state index >= 15 is 0 Å². The van der Waals surface area contributed by atoms with Gasteiger partial charge in [0.1, 0.15) is 11.6 Å². The molecule has 0 atom stereocenters. The second-order valence-electron chi connectivity index (χ2n) is 6.71. The third-order valence-corrected chi connectivity index (χ3v) is 4.43. The van der Waals surface area contributed by atoms with Crippen molar-refractivity contribution in [3.8, 4) is 11.3 Å². The van der Waals surface area contributed by atoms with Gasteiger partial charge in [-0.2, -0.15) is 0 Å². The number of nitrogens with one attached hydrogen (secondary N) is 2. The van der Waals surface area contributed by atoms with Crippen LogP contribution in [0.25, 0.3) is 11.3 Å². The molecule has 0 aliphatic rings. The summed E-state index contributed by atoms with van der Waals surface area (Å²) in [7, 11) is 0. The number of benzene rings is 3. The van der Waals surface area contributed by atoms with Crippen molar-refractivity contribution in [3.63, 3.8) is 0 Å². The Kier molecular flexibility index (Phi) is 5.02. The molecule has 0 bridgehead atoms. The lowest BCUT2D eigenvalue weighted by atomic mass is 10.1. The van der Waals surface area contributed by atoms with Gasteiger partial charge in [-0.25, -0.2) is 9.97 Å². The van der Waals surface area contributed by atoms with Crippen LogP contribution >= 0.6 is 0 Å². The zero-order chi connectivity index (χ0) is 19.3. The van der Waals surface area contributed by atoms with E-state index in [2.05, 4.69) is 63.9 Å². The molecule has 0 fully saturated rings. The van der Waals surface area contributed by atoms with Crippen molar-refractivity contribution in [2.24, 2.45) is 0 Å². The first-order valence-corrected chi connectivity index (χ1v) is 9.28. The minimum absolute atomic E-state index is 0.729. The normalized spacial score (nSPS) is 10.5. The Hall–Kier alpha value is -3.66. The van der Waals surface area contributed by atoms with Crippen LogP contribution in [-0.4, -0.2) is 9.97 Å². The molecule has 4 heteroatoms. The van der Waals surface area contributed by atoms with E-state index in [1.807, 2.05) is 55.5 Å². The van der Waals surface area contributed by atoms with E-state index in [0.717, 1.165) is 40.0 Å². The molecule has 0 radical (unpaired) electrons. The first-order chi connectivity index (χ1) is 13.7. The molecule has 0 amide bonds. The zero-order valence-corrected chi connectivity index (χ0v) is 16.0. The van der Waals surface area contributed by atoms with Gasteiger partial charge in [-0.15, -0.1) is 0 Å². The zero-order valence-electron chi connectivity index (χ0n) is 16.0. The summed E-state index contributed by atoms with van der Waals surface area (Å²) in [6.07, 6.45) is 0. The Balaban J connectivity index is 1.63. The van der Waals surface area contributed by atoms with E-state index in [0.29, 0.717) is 0 Å². The van der Waals surface area contributed by atoms with E-state index < -0.39 is 0 Å². The smallest absolute Gasteiger partial charge is 0.134 e. The number of anilines is 4. The van der Waals surface area contributed by atoms with Crippen LogP contribution in [0.2, 0.25) is 0 Å². The summed E-state index contributed by atoms with van der Waals surface area (Å²) < 4.78 is 0. The highest BCUT2D eigenvalue weighted by molar-refractivity contribution is 5.78. The Labute approximate surface area is 165 Å². The standard InChI is InChI=1S/C24H22N4/c1-17-12-14-20(15-13-17)27-21-10-6-7-11-22(21)28-24-16-23(25-18(2)26-24)19-8-4-3-5-9-19/h3-16,27H,1-2H3,(H,25,26,28). The van der Waals surface area contributed by atoms with Gasteiger partial charge in [0.25, 0.3) is 0 Å². The molecule has 4 rings (SSSR count). The first kappa shape index (κ1) is 17.7. The average molecular weight is 366 g/mol. The molecule has 1 aromatic heterocycles. The third kappa shape index (κ3) is 4.18. The third-order valence-electron chi connectivity index (χ3n) is 4.43. The highest BCUT2D eigenvalue weighted by Crippen LogP contribution is 2.29. The van der Waals surface area contributed by atoms with Gasteiger partial charge in [0.05, 0.1) is 17.1 Å². The highest BCUT2D eigenvalue weighted by Gasteiger charge is 2.07. The van der Waals surface area contributed by atoms with Crippen LogP contribution < -0.4 is 10.6 Å². The number of rotatable bonds is 5. The van der Waals surface area contributed by atoms with Crippen LogP contribution in [0.3, 0.4) is 0 Å². The van der Waals surface area contributed by atoms with Crippen LogP contribution in [0.5, 0.6) is 0 Å². The van der Waals surface area contributed by atoms with Crippen LogP contribution in [0.1, 0.15) is 11.4 Å². The van der Waals surface area contributed by atoms with Crippen LogP contribution in [0.15, 0.2) is 84.9 Å². The molecule has 4 aromatic rings. The predicted octanol–water partition coefficient (Wildman–Crippen LogP) is 6.25. The SMILES string of the molecule is Cc1ccc(Nc2ccccc2Nc2cc(-c3ccccc3)nc(C)n2)cc1. The maximum Gasteiger partial charge on any atom is 0.134 e. The molecule has 0 saturated carbocycles. The molecule has 0 aliphatic heterocycles. The van der Waals surface area contributed by atoms with E-state index in [4.69, 9.17) is 0 Å². The summed E-state index contributed by atoms with van der Waals surface area (Å²) >= 11 is 0. The fourth-order valence-electron chi connectivity index (χ4n) is 3.02. The van der Waals surface area contributed by atoms with Crippen molar-refractivity contribution in [2.75, 3.05) is 10.6 Å². The molecule has 0 saturated heterocycles. The predicted molar refractivity (Wildman–Crippen MR) is 116 cm³/mol. The number of aryl methyl sites for hydroxylation is 2. The lowest BCUT2D eigenvalue weighted by molar-refractivity contribution is 1.06. The first-order valence-electron chi connectivity index (χ1n) is 9.28. The van der Waals surface area contributed by atoms with Gasteiger partial charge in [0, 0.05) is 17.3 Å². The maximum absolute atomic E-state index is 4.58. The van der Waals surface area contributed by atoms with Gasteiger partial charge in [-0.05, 0) is 38.1 Å². The molecule has 4 nitrogen and oxygen atoms in total. The number of nitrogens with zero attached hydrogens (tertiary/aromatic N) is 2. The van der Waals surface area contributed by atoms with Gasteiger partial charge in [-0.1, -0.05) is 60.2 Å². The van der Waals surface area contributed by atoms with Crippen LogP contribution in [0.4, 0.5) is 22.9 Å². The molecule has 28 heavy (non-hydrogen) atoms. The van der Waals surface area contributed by atoms with Gasteiger partial charge in [-0.3, -0.25) is 0 Å². The Bertz CT molecular complexity index is 1070. The largest absolute Gasteiger partial charge is 0.354 e. The summed E-state index contributed by atoms with van der Waals surface area (Å²) in [4.78, 5) is 9.14. The summed E-state index contributed by atoms with van der Waals surface area (Å²) in [5.41, 5.74) is 6.20. The van der Waals surface area contributed by atoms with E-state index in [9.17, 15) is 0 Å². The van der Waals surface area contributed by atoms with Gasteiger partial charge >= 0.3 is 0 Å². The maximum atomic E-state index is 4.58. The fourth-order valence-corrected chi connectivity index (χ4v) is 3.02. The van der Waals surface area contributed by atoms with Gasteiger partial charge < -0.3 is 10.6 Å². The molecule has 3 aromatic carbocycles. The van der Waals surface area contributed by atoms with Crippen molar-refractivity contribution in [1.29, 1.82) is 0 Å². The molecule has 138 valence electrons. The van der Waals surface area contributed by atoms with Crippen LogP contribution in [0, 0.1) is 13.8 Å². The van der Waals surface area contributed by atoms with Crippen molar-refractivity contribution in [3.05, 3.63) is 96.3 Å². The number of para-hydroxylation sites is 2. The fraction of sp³-hybridized carbons (Fsp3) is 0.0833. The number of hydrogen-bond donors (Lipinski definition) is 2. The average Bonchev–Trinajstić information content (AvgIpc) is 2.71. The quantitative estimate of drug-likeness (QED) is 0.438. The van der Waals surface area contributed by atoms with Gasteiger partial charge in [0.15, 0.2) is 0 Å². The molecule has 1 heterocycles. The summed E-state index contributed by atoms with van der Waals surface area (Å²) in [6, 6.07) is 28.6. The highest BCUT2D eigenvalue weighted by atomic mass is 15.1. The molecular formula is C24H22N4. The van der Waals surface area contributed by atoms with Crippen molar-refractivity contribution < 1.29 is 0 Å². The number of aromatic nitrogens is 2. The summed E-state index contributed by atoms with van der Waals surface area (Å²) in [5, 5.41) is 6.92. The molecule has 0 unspecified atom stereocenters. The Morgan fingerprint density at radius 2 is 1.29 bits per heavy atom. The number of hydrogen-bond acceptors (Lipinski definition) is 4. The van der Waals surface area contributed by atoms with Crippen molar-refractivity contribution >= 4 is 22.9 Å². The van der Waals surface area contributed by atoms with Gasteiger partial charge in [0.2, 0.25) is 0 Å². The molecular weight excluding hydrogens is 344 g/mol. The minimum Gasteiger partial charge on any atom is -0.354 e. The Morgan fingerprint density at radius 3 is 2.00 bits per heavy atom. The summed E-state index contributed by atoms with van der Waals surface area (Å²) in [6.45, 7) is 4.00. The van der Waals surface area contributed by atoms with E-state index in [1.165, 1.54) is 5.56 Å². The second kappa shape index (κ2) is 7.92. The molecule has 0 spiro atoms. The lowest BCUT2D eigenvalue weighted by Gasteiger charge is -2.14. The lowest BCUT2D eigenvalue weighted by Crippen LogP contribution is -2.01. The summed E-state index contributed by atoms with van der Waals surface area (Å²) in [5.74, 6) is 1.50. The van der Waals surface area contributed by atoms with E-state index in [-0.39, 0.29) is 0 Å². The van der Waals surface area contributed by atoms with E-state index in [1.54, 1.807) is 0 Å². The molecule has 2 N–H and O–H groups in total. The topological polar surface area (TPSA) is 49.8 Å². The van der Waals surface area contributed by atoms with Crippen molar-refractivity contribution in [2.45, 2.75) is 13.8 Å². The Morgan fingerprint density at radius 1 is 0.643 bits per heavy atom. The molecule has 0 aliphatic carbocycles.